The predicted molar refractivity (Wildman–Crippen MR) is 87.1 cm³/mol. The van der Waals surface area contributed by atoms with E-state index in [1.54, 1.807) is 36.4 Å². The molecular formula is C17H15N3O5. The van der Waals surface area contributed by atoms with E-state index in [9.17, 15) is 19.5 Å². The van der Waals surface area contributed by atoms with Crippen LogP contribution >= 0.6 is 0 Å². The summed E-state index contributed by atoms with van der Waals surface area (Å²) in [6.45, 7) is 0.170. The average Bonchev–Trinajstić information content (AvgIpc) is 3.29. The largest absolute Gasteiger partial charge is 0.459 e. The summed E-state index contributed by atoms with van der Waals surface area (Å²) in [5.74, 6) is -0.539. The molecule has 0 aliphatic carbocycles. The molecule has 2 saturated heterocycles. The highest BCUT2D eigenvalue weighted by atomic mass is 16.3. The van der Waals surface area contributed by atoms with E-state index in [0.717, 1.165) is 4.90 Å². The maximum atomic E-state index is 12.4. The van der Waals surface area contributed by atoms with Gasteiger partial charge in [0.25, 0.3) is 11.8 Å². The summed E-state index contributed by atoms with van der Waals surface area (Å²) in [5, 5.41) is 12.3. The van der Waals surface area contributed by atoms with E-state index in [1.165, 1.54) is 11.2 Å². The van der Waals surface area contributed by atoms with Gasteiger partial charge in [-0.15, -0.1) is 0 Å². The highest BCUT2D eigenvalue weighted by Gasteiger charge is 2.50. The Morgan fingerprint density at radius 3 is 2.60 bits per heavy atom. The molecule has 8 nitrogen and oxygen atoms in total. The van der Waals surface area contributed by atoms with E-state index in [-0.39, 0.29) is 30.5 Å². The zero-order valence-corrected chi connectivity index (χ0v) is 13.1. The summed E-state index contributed by atoms with van der Waals surface area (Å²) < 4.78 is 5.02. The molecule has 2 atom stereocenters. The van der Waals surface area contributed by atoms with E-state index in [1.807, 2.05) is 0 Å². The van der Waals surface area contributed by atoms with Gasteiger partial charge in [-0.05, 0) is 36.4 Å². The third-order valence-corrected chi connectivity index (χ3v) is 4.35. The number of urea groups is 1. The molecule has 128 valence electrons. The van der Waals surface area contributed by atoms with E-state index >= 15 is 0 Å². The minimum atomic E-state index is -0.653. The van der Waals surface area contributed by atoms with Crippen molar-refractivity contribution in [1.82, 2.24) is 4.90 Å². The van der Waals surface area contributed by atoms with Crippen LogP contribution in [0.5, 0.6) is 0 Å². The number of carbonyl (C=O) groups excluding carboxylic acids is 3. The Morgan fingerprint density at radius 2 is 1.96 bits per heavy atom. The third-order valence-electron chi connectivity index (χ3n) is 4.35. The summed E-state index contributed by atoms with van der Waals surface area (Å²) in [5.41, 5.74) is 0.940. The summed E-state index contributed by atoms with van der Waals surface area (Å²) in [4.78, 5) is 39.3. The number of anilines is 2. The van der Waals surface area contributed by atoms with Crippen LogP contribution in [0.1, 0.15) is 17.0 Å². The second-order valence-corrected chi connectivity index (χ2v) is 5.99. The van der Waals surface area contributed by atoms with E-state index in [0.29, 0.717) is 11.4 Å². The molecule has 8 heteroatoms. The number of aliphatic hydroxyl groups is 1. The number of hydrogen-bond donors (Lipinski definition) is 2. The SMILES string of the molecule is O=C(Nc1ccc(N2C(=O)[C@@H]3C[C@@H](O)CN3C2=O)cc1)c1ccco1. The third kappa shape index (κ3) is 2.56. The first-order chi connectivity index (χ1) is 12.0. The quantitative estimate of drug-likeness (QED) is 0.822. The normalized spacial score (nSPS) is 22.4. The van der Waals surface area contributed by atoms with Crippen LogP contribution in [0.4, 0.5) is 16.2 Å². The van der Waals surface area contributed by atoms with Crippen LogP contribution in [-0.2, 0) is 4.79 Å². The first-order valence-electron chi connectivity index (χ1n) is 7.82. The molecular weight excluding hydrogens is 326 g/mol. The Kier molecular flexibility index (Phi) is 3.54. The van der Waals surface area contributed by atoms with Gasteiger partial charge >= 0.3 is 6.03 Å². The lowest BCUT2D eigenvalue weighted by atomic mass is 10.2. The smallest absolute Gasteiger partial charge is 0.332 e. The van der Waals surface area contributed by atoms with Gasteiger partial charge in [0.1, 0.15) is 6.04 Å². The maximum Gasteiger partial charge on any atom is 0.332 e. The molecule has 25 heavy (non-hydrogen) atoms. The molecule has 0 unspecified atom stereocenters. The number of imide groups is 1. The molecule has 2 aliphatic rings. The van der Waals surface area contributed by atoms with Crippen molar-refractivity contribution < 1.29 is 23.9 Å². The molecule has 4 rings (SSSR count). The first-order valence-corrected chi connectivity index (χ1v) is 7.82. The van der Waals surface area contributed by atoms with E-state index < -0.39 is 18.2 Å². The average molecular weight is 341 g/mol. The molecule has 2 aromatic rings. The van der Waals surface area contributed by atoms with Gasteiger partial charge in [0, 0.05) is 18.7 Å². The topological polar surface area (TPSA) is 103 Å². The molecule has 0 bridgehead atoms. The van der Waals surface area contributed by atoms with Crippen LogP contribution in [0.15, 0.2) is 47.1 Å². The number of furan rings is 1. The zero-order chi connectivity index (χ0) is 17.6. The second-order valence-electron chi connectivity index (χ2n) is 5.99. The van der Waals surface area contributed by atoms with Crippen molar-refractivity contribution in [2.75, 3.05) is 16.8 Å². The highest BCUT2D eigenvalue weighted by molar-refractivity contribution is 6.21. The van der Waals surface area contributed by atoms with Gasteiger partial charge in [0.15, 0.2) is 5.76 Å². The van der Waals surface area contributed by atoms with Crippen molar-refractivity contribution in [2.24, 2.45) is 0 Å². The predicted octanol–water partition coefficient (Wildman–Crippen LogP) is 1.43. The molecule has 0 radical (unpaired) electrons. The molecule has 2 fully saturated rings. The maximum absolute atomic E-state index is 12.4. The van der Waals surface area contributed by atoms with Crippen molar-refractivity contribution >= 4 is 29.2 Å². The fourth-order valence-electron chi connectivity index (χ4n) is 3.16. The van der Waals surface area contributed by atoms with Crippen LogP contribution in [0.3, 0.4) is 0 Å². The molecule has 2 N–H and O–H groups in total. The Morgan fingerprint density at radius 1 is 1.20 bits per heavy atom. The monoisotopic (exact) mass is 341 g/mol. The zero-order valence-electron chi connectivity index (χ0n) is 13.1. The highest BCUT2D eigenvalue weighted by Crippen LogP contribution is 2.32. The van der Waals surface area contributed by atoms with Crippen LogP contribution in [0.25, 0.3) is 0 Å². The summed E-state index contributed by atoms with van der Waals surface area (Å²) in [7, 11) is 0. The Balaban J connectivity index is 1.50. The number of nitrogens with zero attached hydrogens (tertiary/aromatic N) is 2. The van der Waals surface area contributed by atoms with Crippen LogP contribution in [-0.4, -0.2) is 46.5 Å². The number of aliphatic hydroxyl groups excluding tert-OH is 1. The molecule has 0 spiro atoms. The van der Waals surface area contributed by atoms with Crippen LogP contribution in [0.2, 0.25) is 0 Å². The van der Waals surface area contributed by atoms with E-state index in [2.05, 4.69) is 5.32 Å². The van der Waals surface area contributed by atoms with Crippen molar-refractivity contribution in [3.8, 4) is 0 Å². The number of amides is 4. The standard InChI is InChI=1S/C17H15N3O5/c21-12-8-13-16(23)20(17(24)19(13)9-12)11-5-3-10(4-6-11)18-15(22)14-2-1-7-25-14/h1-7,12-13,21H,8-9H2,(H,18,22)/t12-,13+/m1/s1. The Hall–Kier alpha value is -3.13. The van der Waals surface area contributed by atoms with Crippen molar-refractivity contribution in [3.05, 3.63) is 48.4 Å². The van der Waals surface area contributed by atoms with Crippen LogP contribution in [0, 0.1) is 0 Å². The Bertz CT molecular complexity index is 806. The molecule has 1 aromatic carbocycles. The molecule has 4 amide bonds. The first kappa shape index (κ1) is 15.4. The fourth-order valence-corrected chi connectivity index (χ4v) is 3.16. The van der Waals surface area contributed by atoms with Gasteiger partial charge in [-0.1, -0.05) is 0 Å². The summed E-state index contributed by atoms with van der Waals surface area (Å²) in [6, 6.07) is 8.53. The van der Waals surface area contributed by atoms with Crippen molar-refractivity contribution in [3.63, 3.8) is 0 Å². The van der Waals surface area contributed by atoms with Gasteiger partial charge in [-0.3, -0.25) is 9.59 Å². The fraction of sp³-hybridized carbons (Fsp3) is 0.235. The van der Waals surface area contributed by atoms with E-state index in [4.69, 9.17) is 4.42 Å². The number of carbonyl (C=O) groups is 3. The summed E-state index contributed by atoms with van der Waals surface area (Å²) in [6.07, 6.45) is 1.02. The second kappa shape index (κ2) is 5.75. The number of rotatable bonds is 3. The van der Waals surface area contributed by atoms with Crippen LogP contribution < -0.4 is 10.2 Å². The molecule has 2 aliphatic heterocycles. The minimum Gasteiger partial charge on any atom is -0.459 e. The van der Waals surface area contributed by atoms with Gasteiger partial charge in [0.2, 0.25) is 0 Å². The lowest BCUT2D eigenvalue weighted by Gasteiger charge is -2.16. The van der Waals surface area contributed by atoms with Gasteiger partial charge in [-0.25, -0.2) is 9.69 Å². The van der Waals surface area contributed by atoms with Crippen molar-refractivity contribution in [2.45, 2.75) is 18.6 Å². The van der Waals surface area contributed by atoms with Gasteiger partial charge in [0.05, 0.1) is 18.1 Å². The summed E-state index contributed by atoms with van der Waals surface area (Å²) >= 11 is 0. The van der Waals surface area contributed by atoms with Crippen molar-refractivity contribution in [1.29, 1.82) is 0 Å². The number of fused-ring (bicyclic) bond motifs is 1. The number of nitrogens with one attached hydrogen (secondary N) is 1. The lowest BCUT2D eigenvalue weighted by molar-refractivity contribution is -0.119. The number of hydrogen-bond acceptors (Lipinski definition) is 5. The van der Waals surface area contributed by atoms with Gasteiger partial charge < -0.3 is 19.7 Å². The molecule has 1 aromatic heterocycles. The number of benzene rings is 1. The van der Waals surface area contributed by atoms with Gasteiger partial charge in [-0.2, -0.15) is 0 Å². The molecule has 0 saturated carbocycles. The Labute approximate surface area is 142 Å². The minimum absolute atomic E-state index is 0.170. The molecule has 3 heterocycles. The lowest BCUT2D eigenvalue weighted by Crippen LogP contribution is -2.35.